The van der Waals surface area contributed by atoms with Gasteiger partial charge in [0, 0.05) is 43.6 Å². The van der Waals surface area contributed by atoms with Crippen molar-refractivity contribution in [3.63, 3.8) is 0 Å². The van der Waals surface area contributed by atoms with E-state index in [0.717, 1.165) is 40.1 Å². The van der Waals surface area contributed by atoms with Gasteiger partial charge in [-0.3, -0.25) is 4.57 Å². The molecule has 0 radical (unpaired) electrons. The number of hydrogen-bond acceptors (Lipinski definition) is 2. The van der Waals surface area contributed by atoms with E-state index in [4.69, 9.17) is 4.98 Å². The fourth-order valence-corrected chi connectivity index (χ4v) is 10.5. The van der Waals surface area contributed by atoms with Gasteiger partial charge in [-0.15, -0.1) is 0 Å². The molecule has 0 amide bonds. The molecule has 0 spiro atoms. The third kappa shape index (κ3) is 5.18. The molecule has 1 unspecified atom stereocenters. The number of allylic oxidation sites excluding steroid dienone is 4. The summed E-state index contributed by atoms with van der Waals surface area (Å²) in [5.74, 6) is 1.32. The quantitative estimate of drug-likeness (QED) is 0.175. The lowest BCUT2D eigenvalue weighted by atomic mass is 9.90. The number of pyridine rings is 1. The van der Waals surface area contributed by atoms with Gasteiger partial charge in [0.1, 0.15) is 5.82 Å². The van der Waals surface area contributed by atoms with Gasteiger partial charge in [0.05, 0.1) is 27.8 Å². The van der Waals surface area contributed by atoms with Crippen molar-refractivity contribution in [2.75, 3.05) is 0 Å². The van der Waals surface area contributed by atoms with Crippen LogP contribution in [0, 0.1) is 0 Å². The molecule has 3 nitrogen and oxygen atoms in total. The fraction of sp³-hybridized carbons (Fsp3) is 0.0377. The molecule has 3 aromatic heterocycles. The Labute approximate surface area is 334 Å². The van der Waals surface area contributed by atoms with Gasteiger partial charge in [-0.2, -0.15) is 0 Å². The number of thioether (sulfide) groups is 1. The van der Waals surface area contributed by atoms with Crippen LogP contribution in [0.4, 0.5) is 0 Å². The van der Waals surface area contributed by atoms with Gasteiger partial charge >= 0.3 is 0 Å². The van der Waals surface area contributed by atoms with Crippen molar-refractivity contribution in [2.45, 2.75) is 17.2 Å². The highest BCUT2D eigenvalue weighted by atomic mass is 32.2. The number of hydrogen-bond donors (Lipinski definition) is 0. The Bertz CT molecular complexity index is 3240. The Morgan fingerprint density at radius 1 is 0.439 bits per heavy atom. The first kappa shape index (κ1) is 32.4. The maximum absolute atomic E-state index is 5.34. The number of rotatable bonds is 5. The molecule has 4 heterocycles. The number of benzene rings is 7. The van der Waals surface area contributed by atoms with Gasteiger partial charge < -0.3 is 4.57 Å². The molecule has 2 aliphatic rings. The van der Waals surface area contributed by atoms with E-state index in [0.29, 0.717) is 5.92 Å². The fourth-order valence-electron chi connectivity index (χ4n) is 9.24. The van der Waals surface area contributed by atoms with Gasteiger partial charge in [-0.1, -0.05) is 139 Å². The van der Waals surface area contributed by atoms with Gasteiger partial charge in [-0.25, -0.2) is 4.98 Å². The normalized spacial score (nSPS) is 14.9. The van der Waals surface area contributed by atoms with Gasteiger partial charge in [0.25, 0.3) is 0 Å². The molecule has 268 valence electrons. The topological polar surface area (TPSA) is 22.8 Å². The van der Waals surface area contributed by atoms with Crippen molar-refractivity contribution in [3.8, 4) is 39.3 Å². The molecule has 4 heteroatoms. The van der Waals surface area contributed by atoms with Gasteiger partial charge in [-0.05, 0) is 106 Å². The van der Waals surface area contributed by atoms with E-state index in [1.807, 2.05) is 11.8 Å². The van der Waals surface area contributed by atoms with Crippen LogP contribution in [0.25, 0.3) is 88.6 Å². The zero-order valence-corrected chi connectivity index (χ0v) is 31.8. The Balaban J connectivity index is 0.998. The van der Waals surface area contributed by atoms with E-state index in [9.17, 15) is 0 Å². The highest BCUT2D eigenvalue weighted by molar-refractivity contribution is 8.03. The highest BCUT2D eigenvalue weighted by Crippen LogP contribution is 2.53. The summed E-state index contributed by atoms with van der Waals surface area (Å²) in [4.78, 5) is 8.18. The van der Waals surface area contributed by atoms with Crippen LogP contribution in [0.15, 0.2) is 204 Å². The number of para-hydroxylation sites is 2. The third-order valence-corrected chi connectivity index (χ3v) is 13.2. The van der Waals surface area contributed by atoms with Gasteiger partial charge in [0.15, 0.2) is 0 Å². The van der Waals surface area contributed by atoms with E-state index < -0.39 is 0 Å². The molecule has 0 bridgehead atoms. The summed E-state index contributed by atoms with van der Waals surface area (Å²) < 4.78 is 4.84. The Morgan fingerprint density at radius 2 is 1.02 bits per heavy atom. The van der Waals surface area contributed by atoms with Crippen LogP contribution in [-0.2, 0) is 0 Å². The maximum atomic E-state index is 5.34. The van der Waals surface area contributed by atoms with Crippen molar-refractivity contribution >= 4 is 61.1 Å². The Morgan fingerprint density at radius 3 is 1.74 bits per heavy atom. The first-order chi connectivity index (χ1) is 28.2. The molecule has 0 saturated carbocycles. The van der Waals surface area contributed by atoms with Crippen molar-refractivity contribution in [1.29, 1.82) is 0 Å². The Kier molecular flexibility index (Phi) is 7.29. The zero-order chi connectivity index (χ0) is 37.5. The van der Waals surface area contributed by atoms with Crippen molar-refractivity contribution < 1.29 is 0 Å². The van der Waals surface area contributed by atoms with Crippen molar-refractivity contribution in [3.05, 3.63) is 205 Å². The van der Waals surface area contributed by atoms with E-state index in [2.05, 4.69) is 203 Å². The van der Waals surface area contributed by atoms with E-state index >= 15 is 0 Å². The predicted molar refractivity (Wildman–Crippen MR) is 240 cm³/mol. The molecule has 1 aliphatic carbocycles. The van der Waals surface area contributed by atoms with E-state index in [-0.39, 0.29) is 0 Å². The summed E-state index contributed by atoms with van der Waals surface area (Å²) in [6, 6.07) is 66.1. The second-order valence-electron chi connectivity index (χ2n) is 15.1. The van der Waals surface area contributed by atoms with Crippen LogP contribution in [0.3, 0.4) is 0 Å². The van der Waals surface area contributed by atoms with Crippen LogP contribution in [-0.4, -0.2) is 14.1 Å². The maximum Gasteiger partial charge on any atom is 0.138 e. The first-order valence-electron chi connectivity index (χ1n) is 19.6. The van der Waals surface area contributed by atoms with E-state index in [1.54, 1.807) is 0 Å². The third-order valence-electron chi connectivity index (χ3n) is 11.9. The monoisotopic (exact) mass is 745 g/mol. The van der Waals surface area contributed by atoms with Crippen molar-refractivity contribution in [1.82, 2.24) is 14.1 Å². The lowest BCUT2D eigenvalue weighted by molar-refractivity contribution is 0.823. The number of nitrogens with zero attached hydrogens (tertiary/aromatic N) is 3. The molecule has 0 N–H and O–H groups in total. The molecule has 10 aromatic rings. The Hall–Kier alpha value is -6.88. The molecule has 1 atom stereocenters. The molecule has 7 aromatic carbocycles. The molecule has 1 aliphatic heterocycles. The summed E-state index contributed by atoms with van der Waals surface area (Å²) in [5.41, 5.74) is 14.3. The van der Waals surface area contributed by atoms with Crippen LogP contribution in [0.5, 0.6) is 0 Å². The molecular formula is C53H35N3S. The number of aromatic nitrogens is 3. The summed E-state index contributed by atoms with van der Waals surface area (Å²) >= 11 is 1.93. The smallest absolute Gasteiger partial charge is 0.138 e. The minimum absolute atomic E-state index is 0.413. The molecular weight excluding hydrogens is 711 g/mol. The van der Waals surface area contributed by atoms with E-state index in [1.165, 1.54) is 70.3 Å². The molecule has 12 rings (SSSR count). The van der Waals surface area contributed by atoms with Crippen LogP contribution < -0.4 is 0 Å². The summed E-state index contributed by atoms with van der Waals surface area (Å²) in [6.45, 7) is 0. The van der Waals surface area contributed by atoms with Crippen LogP contribution in [0.1, 0.15) is 17.9 Å². The SMILES string of the molecule is C1=C2Sc3ccccc3C2CC(n2c3ccccc3c3cc(-c4ccc5c(c4)c4ccccc4n5-c4cc(-c5ccccc5)cc(-c5ccccc5)n4)ccc32)=C1. The van der Waals surface area contributed by atoms with Crippen molar-refractivity contribution in [2.24, 2.45) is 0 Å². The van der Waals surface area contributed by atoms with Crippen LogP contribution >= 0.6 is 11.8 Å². The molecule has 0 saturated heterocycles. The first-order valence-corrected chi connectivity index (χ1v) is 20.4. The highest BCUT2D eigenvalue weighted by Gasteiger charge is 2.31. The second kappa shape index (κ2) is 12.8. The van der Waals surface area contributed by atoms with Crippen LogP contribution in [0.2, 0.25) is 0 Å². The summed E-state index contributed by atoms with van der Waals surface area (Å²) in [7, 11) is 0. The summed E-state index contributed by atoms with van der Waals surface area (Å²) in [6.07, 6.45) is 5.69. The second-order valence-corrected chi connectivity index (χ2v) is 16.2. The minimum Gasteiger partial charge on any atom is -0.313 e. The zero-order valence-electron chi connectivity index (χ0n) is 31.0. The molecule has 57 heavy (non-hydrogen) atoms. The average molecular weight is 746 g/mol. The lowest BCUT2D eigenvalue weighted by Crippen LogP contribution is -2.06. The lowest BCUT2D eigenvalue weighted by Gasteiger charge is -2.21. The standard InChI is InChI=1S/C53H35N3S/c1-3-13-34(14-4-1)38-31-46(35-15-5-2-6-16-35)54-53(32-38)56-48-21-11-8-18-41(48)44-30-37(24-27-50(44)56)36-23-26-49-43(29-36)40-17-7-10-20-47(40)55(49)39-25-28-52-45(33-39)42-19-9-12-22-51(42)57-52/h1-32,45H,33H2. The minimum atomic E-state index is 0.413. The van der Waals surface area contributed by atoms with Gasteiger partial charge in [0.2, 0.25) is 0 Å². The summed E-state index contributed by atoms with van der Waals surface area (Å²) in [5, 5.41) is 4.98. The largest absolute Gasteiger partial charge is 0.313 e. The average Bonchev–Trinajstić information content (AvgIpc) is 3.94. The number of fused-ring (bicyclic) bond motifs is 9. The predicted octanol–water partition coefficient (Wildman–Crippen LogP) is 14.3. The molecule has 0 fully saturated rings.